The summed E-state index contributed by atoms with van der Waals surface area (Å²) in [6.45, 7) is 2.93. The van der Waals surface area contributed by atoms with Crippen molar-refractivity contribution in [3.63, 3.8) is 0 Å². The van der Waals surface area contributed by atoms with E-state index in [4.69, 9.17) is 5.73 Å². The van der Waals surface area contributed by atoms with E-state index in [1.165, 1.54) is 31.2 Å². The highest BCUT2D eigenvalue weighted by atomic mass is 32.2. The molecule has 0 saturated heterocycles. The van der Waals surface area contributed by atoms with Gasteiger partial charge in [-0.1, -0.05) is 25.8 Å². The fourth-order valence-corrected chi connectivity index (χ4v) is 4.00. The zero-order chi connectivity index (χ0) is 12.1. The minimum Gasteiger partial charge on any atom is -0.325 e. The second kappa shape index (κ2) is 6.41. The summed E-state index contributed by atoms with van der Waals surface area (Å²) in [4.78, 5) is 4.34. The molecule has 0 bridgehead atoms. The Morgan fingerprint density at radius 1 is 1.47 bits per heavy atom. The Bertz CT molecular complexity index is 354. The minimum atomic E-state index is 0.553. The van der Waals surface area contributed by atoms with Crippen molar-refractivity contribution < 1.29 is 0 Å². The van der Waals surface area contributed by atoms with Gasteiger partial charge in [-0.3, -0.25) is 4.98 Å². The van der Waals surface area contributed by atoms with Crippen molar-refractivity contribution in [2.45, 2.75) is 50.2 Å². The molecule has 94 valence electrons. The number of pyridine rings is 1. The van der Waals surface area contributed by atoms with Gasteiger partial charge in [0, 0.05) is 23.7 Å². The van der Waals surface area contributed by atoms with E-state index in [1.54, 1.807) is 0 Å². The predicted molar refractivity (Wildman–Crippen MR) is 74.8 cm³/mol. The van der Waals surface area contributed by atoms with Gasteiger partial charge in [0.1, 0.15) is 0 Å². The molecule has 1 aliphatic rings. The van der Waals surface area contributed by atoms with E-state index in [-0.39, 0.29) is 0 Å². The Labute approximate surface area is 108 Å². The lowest BCUT2D eigenvalue weighted by Crippen LogP contribution is -2.15. The van der Waals surface area contributed by atoms with Crippen LogP contribution in [0.1, 0.15) is 43.9 Å². The Hall–Kier alpha value is -0.540. The molecule has 0 spiro atoms. The molecule has 17 heavy (non-hydrogen) atoms. The molecule has 0 aliphatic heterocycles. The van der Waals surface area contributed by atoms with Crippen LogP contribution < -0.4 is 5.73 Å². The first-order valence-electron chi connectivity index (χ1n) is 6.54. The summed E-state index contributed by atoms with van der Waals surface area (Å²) in [7, 11) is 0. The lowest BCUT2D eigenvalue weighted by molar-refractivity contribution is 0.394. The van der Waals surface area contributed by atoms with Crippen molar-refractivity contribution in [1.29, 1.82) is 0 Å². The van der Waals surface area contributed by atoms with Gasteiger partial charge in [0.25, 0.3) is 0 Å². The van der Waals surface area contributed by atoms with Gasteiger partial charge in [0.2, 0.25) is 0 Å². The second-order valence-electron chi connectivity index (χ2n) is 5.02. The summed E-state index contributed by atoms with van der Waals surface area (Å²) >= 11 is 2.09. The van der Waals surface area contributed by atoms with Crippen molar-refractivity contribution in [1.82, 2.24) is 4.98 Å². The molecule has 1 fully saturated rings. The quantitative estimate of drug-likeness (QED) is 0.890. The van der Waals surface area contributed by atoms with Gasteiger partial charge in [-0.15, -0.1) is 0 Å². The molecule has 2 rings (SSSR count). The number of aromatic nitrogens is 1. The lowest BCUT2D eigenvalue weighted by Gasteiger charge is -2.26. The summed E-state index contributed by atoms with van der Waals surface area (Å²) < 4.78 is 0. The normalized spacial score (nSPS) is 24.8. The molecular weight excluding hydrogens is 228 g/mol. The first-order chi connectivity index (χ1) is 8.29. The van der Waals surface area contributed by atoms with Gasteiger partial charge >= 0.3 is 0 Å². The van der Waals surface area contributed by atoms with Crippen LogP contribution in [0, 0.1) is 5.92 Å². The first kappa shape index (κ1) is 12.9. The zero-order valence-corrected chi connectivity index (χ0v) is 11.4. The van der Waals surface area contributed by atoms with E-state index < -0.39 is 0 Å². The van der Waals surface area contributed by atoms with E-state index in [1.807, 2.05) is 12.3 Å². The van der Waals surface area contributed by atoms with Crippen LogP contribution in [0.3, 0.4) is 0 Å². The molecular formula is C14H22N2S. The molecule has 2 nitrogen and oxygen atoms in total. The van der Waals surface area contributed by atoms with E-state index in [0.29, 0.717) is 6.54 Å². The molecule has 0 radical (unpaired) electrons. The minimum absolute atomic E-state index is 0.553. The Morgan fingerprint density at radius 3 is 3.12 bits per heavy atom. The fraction of sp³-hybridized carbons (Fsp3) is 0.643. The molecule has 1 aliphatic carbocycles. The van der Waals surface area contributed by atoms with Gasteiger partial charge in [-0.05, 0) is 30.4 Å². The maximum absolute atomic E-state index is 5.71. The van der Waals surface area contributed by atoms with Crippen molar-refractivity contribution in [2.24, 2.45) is 11.7 Å². The van der Waals surface area contributed by atoms with Crippen molar-refractivity contribution in [2.75, 3.05) is 0 Å². The molecule has 0 aromatic carbocycles. The maximum Gasteiger partial charge on any atom is 0.0579 e. The van der Waals surface area contributed by atoms with Crippen molar-refractivity contribution in [3.8, 4) is 0 Å². The fourth-order valence-electron chi connectivity index (χ4n) is 2.52. The topological polar surface area (TPSA) is 38.9 Å². The SMILES string of the molecule is CC1CCCC(SCc2cccnc2CN)C1. The summed E-state index contributed by atoms with van der Waals surface area (Å²) in [5, 5.41) is 0.838. The molecule has 1 heterocycles. The molecule has 0 amide bonds. The number of hydrogen-bond donors (Lipinski definition) is 1. The Morgan fingerprint density at radius 2 is 2.35 bits per heavy atom. The lowest BCUT2D eigenvalue weighted by atomic mass is 9.91. The Kier molecular flexibility index (Phi) is 4.86. The van der Waals surface area contributed by atoms with E-state index >= 15 is 0 Å². The number of thioether (sulfide) groups is 1. The van der Waals surface area contributed by atoms with Gasteiger partial charge in [-0.2, -0.15) is 11.8 Å². The van der Waals surface area contributed by atoms with E-state index in [0.717, 1.165) is 22.6 Å². The molecule has 1 saturated carbocycles. The van der Waals surface area contributed by atoms with Crippen LogP contribution in [0.15, 0.2) is 18.3 Å². The maximum atomic E-state index is 5.71. The average Bonchev–Trinajstić information content (AvgIpc) is 2.37. The van der Waals surface area contributed by atoms with E-state index in [2.05, 4.69) is 29.7 Å². The molecule has 2 N–H and O–H groups in total. The van der Waals surface area contributed by atoms with Crippen LogP contribution in [0.4, 0.5) is 0 Å². The van der Waals surface area contributed by atoms with Crippen LogP contribution in [0.2, 0.25) is 0 Å². The van der Waals surface area contributed by atoms with E-state index in [9.17, 15) is 0 Å². The molecule has 2 atom stereocenters. The van der Waals surface area contributed by atoms with Crippen LogP contribution in [0.25, 0.3) is 0 Å². The average molecular weight is 250 g/mol. The largest absolute Gasteiger partial charge is 0.325 e. The summed E-state index contributed by atoms with van der Waals surface area (Å²) in [6, 6.07) is 4.17. The van der Waals surface area contributed by atoms with Crippen LogP contribution >= 0.6 is 11.8 Å². The van der Waals surface area contributed by atoms with Crippen molar-refractivity contribution >= 4 is 11.8 Å². The Balaban J connectivity index is 1.88. The van der Waals surface area contributed by atoms with Gasteiger partial charge in [-0.25, -0.2) is 0 Å². The monoisotopic (exact) mass is 250 g/mol. The third-order valence-electron chi connectivity index (χ3n) is 3.54. The highest BCUT2D eigenvalue weighted by molar-refractivity contribution is 7.99. The summed E-state index contributed by atoms with van der Waals surface area (Å²) in [6.07, 6.45) is 7.41. The van der Waals surface area contributed by atoms with Crippen LogP contribution in [-0.4, -0.2) is 10.2 Å². The standard InChI is InChI=1S/C14H22N2S/c1-11-4-2-6-13(8-11)17-10-12-5-3-7-16-14(12)9-15/h3,5,7,11,13H,2,4,6,8-10,15H2,1H3. The first-order valence-corrected chi connectivity index (χ1v) is 7.59. The predicted octanol–water partition coefficient (Wildman–Crippen LogP) is 3.35. The highest BCUT2D eigenvalue weighted by Gasteiger charge is 2.19. The summed E-state index contributed by atoms with van der Waals surface area (Å²) in [5.74, 6) is 1.97. The second-order valence-corrected chi connectivity index (χ2v) is 6.31. The van der Waals surface area contributed by atoms with Gasteiger partial charge in [0.05, 0.1) is 5.69 Å². The summed E-state index contributed by atoms with van der Waals surface area (Å²) in [5.41, 5.74) is 8.09. The molecule has 1 aromatic rings. The van der Waals surface area contributed by atoms with Crippen LogP contribution in [-0.2, 0) is 12.3 Å². The number of hydrogen-bond acceptors (Lipinski definition) is 3. The smallest absolute Gasteiger partial charge is 0.0579 e. The third-order valence-corrected chi connectivity index (χ3v) is 4.92. The zero-order valence-electron chi connectivity index (χ0n) is 10.6. The van der Waals surface area contributed by atoms with Crippen molar-refractivity contribution in [3.05, 3.63) is 29.6 Å². The molecule has 1 aromatic heterocycles. The number of nitrogens with two attached hydrogens (primary N) is 1. The number of nitrogens with zero attached hydrogens (tertiary/aromatic N) is 1. The highest BCUT2D eigenvalue weighted by Crippen LogP contribution is 2.33. The van der Waals surface area contributed by atoms with Crippen LogP contribution in [0.5, 0.6) is 0 Å². The molecule has 2 unspecified atom stereocenters. The molecule has 3 heteroatoms. The third kappa shape index (κ3) is 3.71. The van der Waals surface area contributed by atoms with Gasteiger partial charge < -0.3 is 5.73 Å². The van der Waals surface area contributed by atoms with Gasteiger partial charge in [0.15, 0.2) is 0 Å². The number of rotatable bonds is 4.